The summed E-state index contributed by atoms with van der Waals surface area (Å²) in [6.07, 6.45) is 2.69. The van der Waals surface area contributed by atoms with E-state index in [4.69, 9.17) is 0 Å². The zero-order chi connectivity index (χ0) is 12.4. The fraction of sp³-hybridized carbons (Fsp3) is 0.625. The van der Waals surface area contributed by atoms with Crippen LogP contribution in [0.5, 0.6) is 0 Å². The van der Waals surface area contributed by atoms with Crippen molar-refractivity contribution in [2.24, 2.45) is 0 Å². The Morgan fingerprint density at radius 3 is 2.59 bits per heavy atom. The Morgan fingerprint density at radius 2 is 1.94 bits per heavy atom. The molecule has 0 radical (unpaired) electrons. The van der Waals surface area contributed by atoms with E-state index in [9.17, 15) is 0 Å². The maximum Gasteiger partial charge on any atom is 0.00672 e. The summed E-state index contributed by atoms with van der Waals surface area (Å²) in [5.41, 5.74) is 4.38. The number of likely N-dealkylation sites (tertiary alicyclic amines) is 1. The lowest BCUT2D eigenvalue weighted by molar-refractivity contribution is 0.152. The molecule has 0 spiro atoms. The maximum atomic E-state index is 2.61. The molecule has 1 aromatic rings. The van der Waals surface area contributed by atoms with Crippen LogP contribution >= 0.6 is 0 Å². The first-order valence-corrected chi connectivity index (χ1v) is 6.93. The summed E-state index contributed by atoms with van der Waals surface area (Å²) >= 11 is 0. The molecule has 1 fully saturated rings. The van der Waals surface area contributed by atoms with E-state index in [-0.39, 0.29) is 0 Å². The molecule has 0 saturated carbocycles. The smallest absolute Gasteiger partial charge is 0.00672 e. The van der Waals surface area contributed by atoms with Gasteiger partial charge in [-0.25, -0.2) is 0 Å². The second-order valence-corrected chi connectivity index (χ2v) is 5.55. The minimum absolute atomic E-state index is 0.741. The van der Waals surface area contributed by atoms with Crippen molar-refractivity contribution in [3.8, 4) is 0 Å². The molecule has 0 bridgehead atoms. The molecule has 1 nitrogen and oxygen atoms in total. The minimum Gasteiger partial charge on any atom is -0.300 e. The molecule has 1 aliphatic rings. The normalized spacial score (nSPS) is 26.1. The zero-order valence-corrected chi connectivity index (χ0v) is 11.7. The summed E-state index contributed by atoms with van der Waals surface area (Å²) in [5.74, 6) is 0.741. The molecule has 1 aliphatic heterocycles. The Labute approximate surface area is 106 Å². The van der Waals surface area contributed by atoms with Gasteiger partial charge in [0, 0.05) is 12.6 Å². The van der Waals surface area contributed by atoms with Crippen molar-refractivity contribution in [2.75, 3.05) is 13.1 Å². The number of nitrogens with zero attached hydrogens (tertiary/aromatic N) is 1. The first-order valence-electron chi connectivity index (χ1n) is 6.93. The van der Waals surface area contributed by atoms with E-state index in [1.165, 1.54) is 37.1 Å². The van der Waals surface area contributed by atoms with Crippen LogP contribution in [-0.2, 0) is 0 Å². The van der Waals surface area contributed by atoms with Crippen LogP contribution in [0.2, 0.25) is 0 Å². The molecule has 0 aliphatic carbocycles. The minimum atomic E-state index is 0.741. The Kier molecular flexibility index (Phi) is 3.88. The van der Waals surface area contributed by atoms with Crippen LogP contribution in [0.3, 0.4) is 0 Å². The summed E-state index contributed by atoms with van der Waals surface area (Å²) in [5, 5.41) is 0. The van der Waals surface area contributed by atoms with Gasteiger partial charge in [0.15, 0.2) is 0 Å². The van der Waals surface area contributed by atoms with Gasteiger partial charge in [0.2, 0.25) is 0 Å². The molecule has 2 atom stereocenters. The molecule has 1 aromatic carbocycles. The summed E-state index contributed by atoms with van der Waals surface area (Å²) in [6, 6.07) is 7.77. The Balaban J connectivity index is 2.14. The lowest BCUT2D eigenvalue weighted by Crippen LogP contribution is -2.40. The first kappa shape index (κ1) is 12.6. The Bertz CT molecular complexity index is 383. The zero-order valence-electron chi connectivity index (χ0n) is 11.7. The molecule has 0 N–H and O–H groups in total. The van der Waals surface area contributed by atoms with E-state index >= 15 is 0 Å². The first-order chi connectivity index (χ1) is 8.11. The van der Waals surface area contributed by atoms with E-state index in [1.807, 2.05) is 0 Å². The average Bonchev–Trinajstić information content (AvgIpc) is 2.33. The van der Waals surface area contributed by atoms with E-state index in [0.29, 0.717) is 0 Å². The number of piperidine rings is 1. The predicted molar refractivity (Wildman–Crippen MR) is 74.6 cm³/mol. The fourth-order valence-corrected chi connectivity index (χ4v) is 2.91. The topological polar surface area (TPSA) is 3.24 Å². The van der Waals surface area contributed by atoms with Gasteiger partial charge in [-0.2, -0.15) is 0 Å². The third-order valence-electron chi connectivity index (χ3n) is 4.42. The van der Waals surface area contributed by atoms with Gasteiger partial charge in [0.1, 0.15) is 0 Å². The van der Waals surface area contributed by atoms with E-state index in [1.54, 1.807) is 5.56 Å². The van der Waals surface area contributed by atoms with Crippen molar-refractivity contribution in [1.29, 1.82) is 0 Å². The second-order valence-electron chi connectivity index (χ2n) is 5.55. The van der Waals surface area contributed by atoms with Crippen molar-refractivity contribution >= 4 is 0 Å². The molecule has 0 aromatic heterocycles. The molecule has 0 unspecified atom stereocenters. The van der Waals surface area contributed by atoms with Crippen molar-refractivity contribution < 1.29 is 0 Å². The van der Waals surface area contributed by atoms with Crippen molar-refractivity contribution in [2.45, 2.75) is 52.5 Å². The predicted octanol–water partition coefficient (Wildman–Crippen LogP) is 3.89. The van der Waals surface area contributed by atoms with Gasteiger partial charge in [-0.05, 0) is 62.8 Å². The molecule has 1 heteroatoms. The molecule has 2 rings (SSSR count). The van der Waals surface area contributed by atoms with Crippen molar-refractivity contribution in [3.05, 3.63) is 34.9 Å². The monoisotopic (exact) mass is 231 g/mol. The third kappa shape index (κ3) is 2.71. The van der Waals surface area contributed by atoms with Gasteiger partial charge in [-0.15, -0.1) is 0 Å². The lowest BCUT2D eigenvalue weighted by atomic mass is 9.86. The van der Waals surface area contributed by atoms with Crippen LogP contribution in [0.4, 0.5) is 0 Å². The highest BCUT2D eigenvalue weighted by molar-refractivity contribution is 5.32. The maximum absolute atomic E-state index is 2.61. The molecule has 0 amide bonds. The standard InChI is InChI=1S/C16H25N/c1-5-17-11-16(9-7-14(17)4)15-8-6-12(2)13(3)10-15/h6,8,10,14,16H,5,7,9,11H2,1-4H3/t14-,16-/m1/s1. The molecule has 94 valence electrons. The number of aryl methyl sites for hydroxylation is 2. The van der Waals surface area contributed by atoms with Crippen LogP contribution < -0.4 is 0 Å². The van der Waals surface area contributed by atoms with Crippen molar-refractivity contribution in [1.82, 2.24) is 4.90 Å². The molecular formula is C16H25N. The lowest BCUT2D eigenvalue weighted by Gasteiger charge is -2.37. The number of rotatable bonds is 2. The molecule has 1 saturated heterocycles. The van der Waals surface area contributed by atoms with Gasteiger partial charge in [-0.3, -0.25) is 0 Å². The molecule has 1 heterocycles. The average molecular weight is 231 g/mol. The highest BCUT2D eigenvalue weighted by Gasteiger charge is 2.25. The van der Waals surface area contributed by atoms with E-state index in [0.717, 1.165) is 12.0 Å². The number of hydrogen-bond acceptors (Lipinski definition) is 1. The van der Waals surface area contributed by atoms with Crippen LogP contribution in [0.15, 0.2) is 18.2 Å². The third-order valence-corrected chi connectivity index (χ3v) is 4.42. The van der Waals surface area contributed by atoms with E-state index in [2.05, 4.69) is 50.8 Å². The van der Waals surface area contributed by atoms with Gasteiger partial charge in [-0.1, -0.05) is 25.1 Å². The van der Waals surface area contributed by atoms with Crippen molar-refractivity contribution in [3.63, 3.8) is 0 Å². The number of benzene rings is 1. The van der Waals surface area contributed by atoms with E-state index < -0.39 is 0 Å². The van der Waals surface area contributed by atoms with Crippen LogP contribution in [0.25, 0.3) is 0 Å². The summed E-state index contributed by atoms with van der Waals surface area (Å²) in [7, 11) is 0. The highest BCUT2D eigenvalue weighted by atomic mass is 15.2. The Hall–Kier alpha value is -0.820. The van der Waals surface area contributed by atoms with Crippen LogP contribution in [-0.4, -0.2) is 24.0 Å². The second kappa shape index (κ2) is 5.22. The van der Waals surface area contributed by atoms with Crippen LogP contribution in [0, 0.1) is 13.8 Å². The number of hydrogen-bond donors (Lipinski definition) is 0. The number of likely N-dealkylation sites (N-methyl/N-ethyl adjacent to an activating group) is 1. The largest absolute Gasteiger partial charge is 0.300 e. The summed E-state index contributed by atoms with van der Waals surface area (Å²) < 4.78 is 0. The molecular weight excluding hydrogens is 206 g/mol. The highest BCUT2D eigenvalue weighted by Crippen LogP contribution is 2.30. The molecule has 17 heavy (non-hydrogen) atoms. The summed E-state index contributed by atoms with van der Waals surface area (Å²) in [4.78, 5) is 2.61. The fourth-order valence-electron chi connectivity index (χ4n) is 2.91. The quantitative estimate of drug-likeness (QED) is 0.746. The van der Waals surface area contributed by atoms with Gasteiger partial charge in [0.05, 0.1) is 0 Å². The van der Waals surface area contributed by atoms with Gasteiger partial charge < -0.3 is 4.90 Å². The van der Waals surface area contributed by atoms with Gasteiger partial charge >= 0.3 is 0 Å². The SMILES string of the molecule is CCN1C[C@H](c2ccc(C)c(C)c2)CC[C@H]1C. The Morgan fingerprint density at radius 1 is 1.18 bits per heavy atom. The van der Waals surface area contributed by atoms with Crippen LogP contribution in [0.1, 0.15) is 49.3 Å². The summed E-state index contributed by atoms with van der Waals surface area (Å²) in [6.45, 7) is 11.5. The van der Waals surface area contributed by atoms with Gasteiger partial charge in [0.25, 0.3) is 0 Å².